The number of benzene rings is 1. The molecule has 0 heterocycles. The third-order valence-corrected chi connectivity index (χ3v) is 5.25. The molecule has 0 spiro atoms. The van der Waals surface area contributed by atoms with Gasteiger partial charge in [0.05, 0.1) is 0 Å². The first kappa shape index (κ1) is 13.1. The van der Waals surface area contributed by atoms with E-state index in [0.29, 0.717) is 0 Å². The summed E-state index contributed by atoms with van der Waals surface area (Å²) in [7, 11) is 0. The molecule has 0 saturated carbocycles. The minimum Gasteiger partial charge on any atom is -0.0922 e. The molecule has 0 saturated heterocycles. The lowest BCUT2D eigenvalue weighted by Gasteiger charge is -2.41. The molecular weight excluding hydrogens is 272 g/mol. The lowest BCUT2D eigenvalue weighted by atomic mass is 9.65. The van der Waals surface area contributed by atoms with Gasteiger partial charge in [-0.05, 0) is 28.5 Å². The molecule has 1 aromatic rings. The summed E-state index contributed by atoms with van der Waals surface area (Å²) in [6, 6.07) is 8.16. The highest BCUT2D eigenvalue weighted by Gasteiger charge is 2.37. The molecule has 0 atom stereocenters. The Morgan fingerprint density at radius 3 is 1.93 bits per heavy atom. The largest absolute Gasteiger partial charge is 0.0922 e. The SMILES string of the molecule is CC(C)(CBr)C(C)(C)c1ccc(Cl)cc1. The van der Waals surface area contributed by atoms with Crippen molar-refractivity contribution < 1.29 is 0 Å². The first-order valence-electron chi connectivity index (χ1n) is 5.13. The molecule has 0 aliphatic heterocycles. The molecule has 0 radical (unpaired) electrons. The second-order valence-electron chi connectivity index (χ2n) is 5.15. The predicted octanol–water partition coefficient (Wildman–Crippen LogP) is 5.04. The number of alkyl halides is 1. The molecule has 84 valence electrons. The Morgan fingerprint density at radius 2 is 1.53 bits per heavy atom. The first-order chi connectivity index (χ1) is 6.81. The Balaban J connectivity index is 3.10. The quantitative estimate of drug-likeness (QED) is 0.684. The molecule has 2 heteroatoms. The van der Waals surface area contributed by atoms with Gasteiger partial charge in [0.1, 0.15) is 0 Å². The van der Waals surface area contributed by atoms with E-state index in [9.17, 15) is 0 Å². The molecule has 0 aliphatic carbocycles. The second-order valence-corrected chi connectivity index (χ2v) is 6.15. The molecule has 1 rings (SSSR count). The lowest BCUT2D eigenvalue weighted by molar-refractivity contribution is 0.234. The van der Waals surface area contributed by atoms with Gasteiger partial charge in [-0.2, -0.15) is 0 Å². The number of hydrogen-bond acceptors (Lipinski definition) is 0. The highest BCUT2D eigenvalue weighted by Crippen LogP contribution is 2.42. The number of hydrogen-bond donors (Lipinski definition) is 0. The number of halogens is 2. The first-order valence-corrected chi connectivity index (χ1v) is 6.63. The normalized spacial score (nSPS) is 12.9. The van der Waals surface area contributed by atoms with Crippen molar-refractivity contribution in [2.24, 2.45) is 5.41 Å². The minimum atomic E-state index is 0.126. The summed E-state index contributed by atoms with van der Waals surface area (Å²) in [5, 5.41) is 1.78. The molecule has 0 aromatic heterocycles. The fourth-order valence-electron chi connectivity index (χ4n) is 1.42. The van der Waals surface area contributed by atoms with Gasteiger partial charge in [0.2, 0.25) is 0 Å². The van der Waals surface area contributed by atoms with E-state index in [1.54, 1.807) is 0 Å². The van der Waals surface area contributed by atoms with Gasteiger partial charge in [0.15, 0.2) is 0 Å². The van der Waals surface area contributed by atoms with Crippen LogP contribution in [0.2, 0.25) is 5.02 Å². The van der Waals surface area contributed by atoms with Crippen molar-refractivity contribution in [3.63, 3.8) is 0 Å². The summed E-state index contributed by atoms with van der Waals surface area (Å²) >= 11 is 9.49. The molecule has 0 unspecified atom stereocenters. The van der Waals surface area contributed by atoms with E-state index in [0.717, 1.165) is 10.4 Å². The fraction of sp³-hybridized carbons (Fsp3) is 0.538. The maximum atomic E-state index is 5.90. The summed E-state index contributed by atoms with van der Waals surface area (Å²) in [6.45, 7) is 9.10. The molecule has 0 fully saturated rings. The van der Waals surface area contributed by atoms with E-state index >= 15 is 0 Å². The van der Waals surface area contributed by atoms with E-state index < -0.39 is 0 Å². The van der Waals surface area contributed by atoms with Crippen molar-refractivity contribution in [1.82, 2.24) is 0 Å². The Bertz CT molecular complexity index is 325. The van der Waals surface area contributed by atoms with E-state index in [-0.39, 0.29) is 10.8 Å². The van der Waals surface area contributed by atoms with Crippen LogP contribution in [0.4, 0.5) is 0 Å². The zero-order valence-electron chi connectivity index (χ0n) is 9.77. The third kappa shape index (κ3) is 2.57. The van der Waals surface area contributed by atoms with Crippen LogP contribution in [-0.2, 0) is 5.41 Å². The van der Waals surface area contributed by atoms with Gasteiger partial charge in [-0.1, -0.05) is 67.4 Å². The Labute approximate surface area is 106 Å². The Kier molecular flexibility index (Phi) is 3.89. The van der Waals surface area contributed by atoms with Gasteiger partial charge in [0, 0.05) is 10.4 Å². The van der Waals surface area contributed by atoms with Gasteiger partial charge >= 0.3 is 0 Å². The van der Waals surface area contributed by atoms with Crippen LogP contribution in [0.1, 0.15) is 33.3 Å². The van der Waals surface area contributed by atoms with Gasteiger partial charge in [-0.3, -0.25) is 0 Å². The number of rotatable bonds is 3. The maximum Gasteiger partial charge on any atom is 0.0406 e. The van der Waals surface area contributed by atoms with E-state index in [4.69, 9.17) is 11.6 Å². The van der Waals surface area contributed by atoms with Crippen molar-refractivity contribution in [3.05, 3.63) is 34.9 Å². The summed E-state index contributed by atoms with van der Waals surface area (Å²) < 4.78 is 0. The standard InChI is InChI=1S/C13H18BrCl/c1-12(2,9-14)13(3,4)10-5-7-11(15)8-6-10/h5-8H,9H2,1-4H3. The molecule has 1 aromatic carbocycles. The molecule has 0 aliphatic rings. The maximum absolute atomic E-state index is 5.90. The van der Waals surface area contributed by atoms with Crippen LogP contribution in [0.5, 0.6) is 0 Å². The highest BCUT2D eigenvalue weighted by molar-refractivity contribution is 9.09. The summed E-state index contributed by atoms with van der Waals surface area (Å²) in [5.41, 5.74) is 1.67. The smallest absolute Gasteiger partial charge is 0.0406 e. The van der Waals surface area contributed by atoms with Gasteiger partial charge < -0.3 is 0 Å². The molecule has 0 amide bonds. The molecule has 15 heavy (non-hydrogen) atoms. The second kappa shape index (κ2) is 4.47. The average Bonchev–Trinajstić information content (AvgIpc) is 2.18. The Morgan fingerprint density at radius 1 is 1.07 bits per heavy atom. The monoisotopic (exact) mass is 288 g/mol. The van der Waals surface area contributed by atoms with Crippen LogP contribution >= 0.6 is 27.5 Å². The zero-order chi connectivity index (χ0) is 11.7. The van der Waals surface area contributed by atoms with Crippen molar-refractivity contribution in [3.8, 4) is 0 Å². The van der Waals surface area contributed by atoms with Crippen LogP contribution < -0.4 is 0 Å². The van der Waals surface area contributed by atoms with E-state index in [2.05, 4.69) is 55.8 Å². The molecular formula is C13H18BrCl. The third-order valence-electron chi connectivity index (χ3n) is 3.59. The Hall–Kier alpha value is -0.0100. The van der Waals surface area contributed by atoms with E-state index in [1.807, 2.05) is 12.1 Å². The fourth-order valence-corrected chi connectivity index (χ4v) is 2.25. The predicted molar refractivity (Wildman–Crippen MR) is 72.1 cm³/mol. The zero-order valence-corrected chi connectivity index (χ0v) is 12.1. The van der Waals surface area contributed by atoms with E-state index in [1.165, 1.54) is 5.56 Å². The van der Waals surface area contributed by atoms with Gasteiger partial charge in [-0.25, -0.2) is 0 Å². The summed E-state index contributed by atoms with van der Waals surface area (Å²) in [6.07, 6.45) is 0. The summed E-state index contributed by atoms with van der Waals surface area (Å²) in [5.74, 6) is 0. The van der Waals surface area contributed by atoms with Crippen LogP contribution in [0.25, 0.3) is 0 Å². The molecule has 0 N–H and O–H groups in total. The van der Waals surface area contributed by atoms with Gasteiger partial charge in [0.25, 0.3) is 0 Å². The van der Waals surface area contributed by atoms with Crippen molar-refractivity contribution in [2.75, 3.05) is 5.33 Å². The molecule has 0 nitrogen and oxygen atoms in total. The van der Waals surface area contributed by atoms with Crippen molar-refractivity contribution in [2.45, 2.75) is 33.1 Å². The van der Waals surface area contributed by atoms with Crippen molar-refractivity contribution >= 4 is 27.5 Å². The topological polar surface area (TPSA) is 0 Å². The minimum absolute atomic E-state index is 0.126. The van der Waals surface area contributed by atoms with Crippen LogP contribution in [0.15, 0.2) is 24.3 Å². The van der Waals surface area contributed by atoms with Crippen LogP contribution in [0.3, 0.4) is 0 Å². The lowest BCUT2D eigenvalue weighted by Crippen LogP contribution is -2.37. The van der Waals surface area contributed by atoms with Crippen molar-refractivity contribution in [1.29, 1.82) is 0 Å². The highest BCUT2D eigenvalue weighted by atomic mass is 79.9. The van der Waals surface area contributed by atoms with Crippen LogP contribution in [0, 0.1) is 5.41 Å². The molecule has 0 bridgehead atoms. The summed E-state index contributed by atoms with van der Waals surface area (Å²) in [4.78, 5) is 0. The van der Waals surface area contributed by atoms with Gasteiger partial charge in [-0.15, -0.1) is 0 Å². The average molecular weight is 290 g/mol. The van der Waals surface area contributed by atoms with Crippen LogP contribution in [-0.4, -0.2) is 5.33 Å².